The first-order chi connectivity index (χ1) is 6.95. The van der Waals surface area contributed by atoms with Crippen LogP contribution in [0.15, 0.2) is 41.5 Å². The van der Waals surface area contributed by atoms with E-state index in [1.165, 1.54) is 0 Å². The summed E-state index contributed by atoms with van der Waals surface area (Å²) in [6, 6.07) is 8.04. The van der Waals surface area contributed by atoms with Gasteiger partial charge in [0.25, 0.3) is 0 Å². The summed E-state index contributed by atoms with van der Waals surface area (Å²) in [6.07, 6.45) is 1.81. The fourth-order valence-electron chi connectivity index (χ4n) is 1.47. The maximum Gasteiger partial charge on any atom is 0.149 e. The van der Waals surface area contributed by atoms with Crippen molar-refractivity contribution >= 4 is 22.4 Å². The minimum atomic E-state index is 0.934. The van der Waals surface area contributed by atoms with Crippen molar-refractivity contribution in [3.05, 3.63) is 41.5 Å². The molecule has 0 bridgehead atoms. The topological polar surface area (TPSA) is 30.7 Å². The van der Waals surface area contributed by atoms with Crippen LogP contribution in [0.5, 0.6) is 0 Å². The van der Waals surface area contributed by atoms with Crippen molar-refractivity contribution in [2.45, 2.75) is 0 Å². The molecule has 0 aliphatic carbocycles. The first-order valence-electron chi connectivity index (χ1n) is 4.26. The minimum Gasteiger partial charge on any atom is -0.282 e. The van der Waals surface area contributed by atoms with Gasteiger partial charge in [0.15, 0.2) is 0 Å². The molecule has 0 spiro atoms. The zero-order valence-corrected chi connectivity index (χ0v) is 8.11. The Hall–Kier alpha value is -1.68. The van der Waals surface area contributed by atoms with E-state index in [1.807, 2.05) is 39.7 Å². The number of hydrogen-bond acceptors (Lipinski definition) is 3. The van der Waals surface area contributed by atoms with E-state index in [9.17, 15) is 0 Å². The highest BCUT2D eigenvalue weighted by Crippen LogP contribution is 2.17. The number of thiazole rings is 1. The average molecular weight is 201 g/mol. The van der Waals surface area contributed by atoms with E-state index in [0.717, 1.165) is 16.9 Å². The van der Waals surface area contributed by atoms with Crippen LogP contribution >= 0.6 is 11.3 Å². The van der Waals surface area contributed by atoms with Crippen molar-refractivity contribution in [3.63, 3.8) is 0 Å². The number of nitrogens with zero attached hydrogens (tertiary/aromatic N) is 3. The van der Waals surface area contributed by atoms with Crippen molar-refractivity contribution in [2.75, 3.05) is 0 Å². The molecule has 0 N–H and O–H groups in total. The molecule has 14 heavy (non-hydrogen) atoms. The van der Waals surface area contributed by atoms with Gasteiger partial charge in [0.05, 0.1) is 16.5 Å². The van der Waals surface area contributed by atoms with Crippen molar-refractivity contribution < 1.29 is 0 Å². The molecule has 2 aromatic heterocycles. The van der Waals surface area contributed by atoms with Gasteiger partial charge in [0.2, 0.25) is 0 Å². The number of aromatic nitrogens is 3. The van der Waals surface area contributed by atoms with Gasteiger partial charge in [-0.2, -0.15) is 0 Å². The largest absolute Gasteiger partial charge is 0.282 e. The van der Waals surface area contributed by atoms with Gasteiger partial charge in [-0.1, -0.05) is 12.1 Å². The quantitative estimate of drug-likeness (QED) is 0.605. The van der Waals surface area contributed by atoms with Crippen LogP contribution in [0.2, 0.25) is 0 Å². The second kappa shape index (κ2) is 2.92. The van der Waals surface area contributed by atoms with Crippen molar-refractivity contribution in [1.29, 1.82) is 0 Å². The van der Waals surface area contributed by atoms with Crippen molar-refractivity contribution in [1.82, 2.24) is 14.5 Å². The first kappa shape index (κ1) is 7.70. The first-order valence-corrected chi connectivity index (χ1v) is 5.20. The van der Waals surface area contributed by atoms with Crippen LogP contribution < -0.4 is 0 Å². The lowest BCUT2D eigenvalue weighted by molar-refractivity contribution is 1.04. The molecule has 0 atom stereocenters. The van der Waals surface area contributed by atoms with Gasteiger partial charge in [0, 0.05) is 5.38 Å². The number of rotatable bonds is 1. The van der Waals surface area contributed by atoms with Crippen molar-refractivity contribution in [3.8, 4) is 5.82 Å². The Balaban J connectivity index is 2.33. The van der Waals surface area contributed by atoms with Crippen LogP contribution in [0.25, 0.3) is 16.9 Å². The molecule has 0 saturated heterocycles. The molecule has 0 fully saturated rings. The fourth-order valence-corrected chi connectivity index (χ4v) is 1.99. The summed E-state index contributed by atoms with van der Waals surface area (Å²) in [5, 5.41) is 2.01. The molecule has 3 nitrogen and oxygen atoms in total. The smallest absolute Gasteiger partial charge is 0.149 e. The molecule has 0 amide bonds. The lowest BCUT2D eigenvalue weighted by atomic mass is 10.3. The van der Waals surface area contributed by atoms with Crippen LogP contribution in [0, 0.1) is 0 Å². The maximum absolute atomic E-state index is 4.30. The number of para-hydroxylation sites is 2. The van der Waals surface area contributed by atoms with Crippen LogP contribution in [-0.4, -0.2) is 14.5 Å². The number of imidazole rings is 1. The second-order valence-electron chi connectivity index (χ2n) is 2.95. The van der Waals surface area contributed by atoms with Crippen LogP contribution in [0.1, 0.15) is 0 Å². The normalized spacial score (nSPS) is 10.9. The van der Waals surface area contributed by atoms with Gasteiger partial charge in [-0.15, -0.1) is 11.3 Å². The Labute approximate surface area is 84.7 Å². The summed E-state index contributed by atoms with van der Waals surface area (Å²) >= 11 is 1.59. The van der Waals surface area contributed by atoms with E-state index in [-0.39, 0.29) is 0 Å². The molecule has 0 radical (unpaired) electrons. The van der Waals surface area contributed by atoms with Gasteiger partial charge in [0.1, 0.15) is 12.1 Å². The van der Waals surface area contributed by atoms with Gasteiger partial charge in [-0.05, 0) is 12.1 Å². The Kier molecular flexibility index (Phi) is 1.61. The fraction of sp³-hybridized carbons (Fsp3) is 0. The molecule has 0 aliphatic rings. The predicted octanol–water partition coefficient (Wildman–Crippen LogP) is 2.48. The molecular weight excluding hydrogens is 194 g/mol. The Morgan fingerprint density at radius 2 is 2.07 bits per heavy atom. The van der Waals surface area contributed by atoms with E-state index in [2.05, 4.69) is 9.97 Å². The molecule has 0 saturated carbocycles. The van der Waals surface area contributed by atoms with E-state index < -0.39 is 0 Å². The van der Waals surface area contributed by atoms with Gasteiger partial charge < -0.3 is 0 Å². The van der Waals surface area contributed by atoms with E-state index >= 15 is 0 Å². The van der Waals surface area contributed by atoms with Gasteiger partial charge in [-0.3, -0.25) is 4.57 Å². The summed E-state index contributed by atoms with van der Waals surface area (Å²) in [7, 11) is 0. The van der Waals surface area contributed by atoms with Crippen LogP contribution in [-0.2, 0) is 0 Å². The van der Waals surface area contributed by atoms with E-state index in [0.29, 0.717) is 0 Å². The SMILES string of the molecule is c1ccc2c(c1)ncn2-c1cscn1. The number of fused-ring (bicyclic) bond motifs is 1. The highest BCUT2D eigenvalue weighted by molar-refractivity contribution is 7.07. The molecule has 4 heteroatoms. The summed E-state index contributed by atoms with van der Waals surface area (Å²) in [6.45, 7) is 0. The summed E-state index contributed by atoms with van der Waals surface area (Å²) < 4.78 is 1.99. The predicted molar refractivity (Wildman–Crippen MR) is 56.7 cm³/mol. The van der Waals surface area contributed by atoms with Gasteiger partial charge >= 0.3 is 0 Å². The Bertz CT molecular complexity index is 554. The maximum atomic E-state index is 4.30. The second-order valence-corrected chi connectivity index (χ2v) is 3.67. The third-order valence-electron chi connectivity index (χ3n) is 2.12. The number of hydrogen-bond donors (Lipinski definition) is 0. The lowest BCUT2D eigenvalue weighted by Gasteiger charge is -1.97. The molecule has 0 aliphatic heterocycles. The summed E-state index contributed by atoms with van der Waals surface area (Å²) in [4.78, 5) is 8.55. The summed E-state index contributed by atoms with van der Waals surface area (Å²) in [5.41, 5.74) is 3.92. The van der Waals surface area contributed by atoms with Gasteiger partial charge in [-0.25, -0.2) is 9.97 Å². The Morgan fingerprint density at radius 3 is 2.93 bits per heavy atom. The molecule has 1 aromatic carbocycles. The van der Waals surface area contributed by atoms with E-state index in [4.69, 9.17) is 0 Å². The monoisotopic (exact) mass is 201 g/mol. The highest BCUT2D eigenvalue weighted by atomic mass is 32.1. The molecule has 3 rings (SSSR count). The molecular formula is C10H7N3S. The van der Waals surface area contributed by atoms with Crippen LogP contribution in [0.3, 0.4) is 0 Å². The Morgan fingerprint density at radius 1 is 1.14 bits per heavy atom. The standard InChI is InChI=1S/C10H7N3S/c1-2-4-9-8(3-1)11-6-13(9)10-5-14-7-12-10/h1-7H. The van der Waals surface area contributed by atoms with Crippen LogP contribution in [0.4, 0.5) is 0 Å². The van der Waals surface area contributed by atoms with Crippen molar-refractivity contribution in [2.24, 2.45) is 0 Å². The molecule has 0 unspecified atom stereocenters. The zero-order chi connectivity index (χ0) is 9.38. The van der Waals surface area contributed by atoms with E-state index in [1.54, 1.807) is 17.7 Å². The minimum absolute atomic E-state index is 0.934. The average Bonchev–Trinajstić information content (AvgIpc) is 2.85. The number of benzene rings is 1. The highest BCUT2D eigenvalue weighted by Gasteiger charge is 2.03. The molecule has 3 aromatic rings. The summed E-state index contributed by atoms with van der Waals surface area (Å²) in [5.74, 6) is 0.934. The third kappa shape index (κ3) is 1.04. The zero-order valence-electron chi connectivity index (χ0n) is 7.29. The lowest BCUT2D eigenvalue weighted by Crippen LogP contribution is -1.90. The molecule has 68 valence electrons. The molecule has 2 heterocycles. The third-order valence-corrected chi connectivity index (χ3v) is 2.69.